The lowest BCUT2D eigenvalue weighted by Gasteiger charge is -2.40. The minimum atomic E-state index is -1.03. The van der Waals surface area contributed by atoms with Gasteiger partial charge in [-0.05, 0) is 68.0 Å². The molecule has 44 heavy (non-hydrogen) atoms. The highest BCUT2D eigenvalue weighted by molar-refractivity contribution is 6.04. The second-order valence-corrected chi connectivity index (χ2v) is 12.0. The number of carboxylic acids is 1. The van der Waals surface area contributed by atoms with Crippen LogP contribution in [0.4, 0.5) is 5.69 Å². The number of fused-ring (bicyclic) bond motifs is 5. The van der Waals surface area contributed by atoms with Gasteiger partial charge in [0.15, 0.2) is 5.69 Å². The zero-order valence-corrected chi connectivity index (χ0v) is 24.4. The number of hydrogen-bond acceptors (Lipinski definition) is 5. The number of anilines is 1. The Morgan fingerprint density at radius 1 is 1.00 bits per heavy atom. The quantitative estimate of drug-likeness (QED) is 0.238. The summed E-state index contributed by atoms with van der Waals surface area (Å²) >= 11 is 0. The summed E-state index contributed by atoms with van der Waals surface area (Å²) in [5.74, 6) is -0.470. The number of aliphatic carboxylic acids is 1. The van der Waals surface area contributed by atoms with Crippen LogP contribution in [0, 0.1) is 0 Å². The molecule has 2 fully saturated rings. The van der Waals surface area contributed by atoms with Gasteiger partial charge in [-0.1, -0.05) is 43.5 Å². The number of para-hydroxylation sites is 1. The molecule has 2 amide bonds. The Balaban J connectivity index is 1.17. The number of imidazole rings is 1. The number of ether oxygens (including phenoxy) is 1. The van der Waals surface area contributed by atoms with Crippen molar-refractivity contribution in [3.05, 3.63) is 77.6 Å². The summed E-state index contributed by atoms with van der Waals surface area (Å²) in [7, 11) is 0. The number of amides is 2. The number of carbonyl (C=O) groups is 3. The number of nitrogens with zero attached hydrogens (tertiary/aromatic N) is 3. The SMILES string of the molecule is O=C(O)/C=C/c1ccc(NC(=O)C2(NC(=O)c3cc4n5c(c(C6CCCCC6)n4n3)-c3ccccc3OCC5)CCC2)cc1. The van der Waals surface area contributed by atoms with E-state index in [2.05, 4.69) is 21.3 Å². The summed E-state index contributed by atoms with van der Waals surface area (Å²) in [5.41, 5.74) is 4.72. The van der Waals surface area contributed by atoms with Crippen molar-refractivity contribution in [3.8, 4) is 17.0 Å². The fourth-order valence-corrected chi connectivity index (χ4v) is 6.81. The van der Waals surface area contributed by atoms with Crippen molar-refractivity contribution < 1.29 is 24.2 Å². The number of benzene rings is 2. The third-order valence-corrected chi connectivity index (χ3v) is 9.23. The molecule has 0 radical (unpaired) electrons. The Labute approximate surface area is 254 Å². The molecule has 1 aliphatic heterocycles. The van der Waals surface area contributed by atoms with Gasteiger partial charge in [0.1, 0.15) is 23.5 Å². The smallest absolute Gasteiger partial charge is 0.328 e. The van der Waals surface area contributed by atoms with E-state index in [0.29, 0.717) is 48.9 Å². The zero-order chi connectivity index (χ0) is 30.3. The molecule has 0 unspecified atom stereocenters. The molecule has 10 nitrogen and oxygen atoms in total. The van der Waals surface area contributed by atoms with Gasteiger partial charge in [0.05, 0.1) is 17.9 Å². The van der Waals surface area contributed by atoms with E-state index in [-0.39, 0.29) is 11.8 Å². The third-order valence-electron chi connectivity index (χ3n) is 9.23. The summed E-state index contributed by atoms with van der Waals surface area (Å²) in [6, 6.07) is 16.9. The molecule has 0 saturated heterocycles. The molecule has 0 atom stereocenters. The molecule has 2 aliphatic carbocycles. The maximum Gasteiger partial charge on any atom is 0.328 e. The Morgan fingerprint density at radius 3 is 2.50 bits per heavy atom. The van der Waals surface area contributed by atoms with Gasteiger partial charge < -0.3 is 25.0 Å². The molecule has 10 heteroatoms. The van der Waals surface area contributed by atoms with Crippen molar-refractivity contribution in [1.29, 1.82) is 0 Å². The van der Waals surface area contributed by atoms with Crippen LogP contribution in [0.15, 0.2) is 60.7 Å². The standard InChI is InChI=1S/C34H35N5O5/c40-29(41)16-13-22-11-14-24(15-12-22)35-33(43)34(17-6-18-34)36-32(42)26-21-28-38-19-20-44-27-10-5-4-9-25(27)31(38)30(39(28)37-26)23-7-2-1-3-8-23/h4-5,9-16,21,23H,1-3,6-8,17-20H2,(H,35,43)(H,36,42)(H,40,41)/b16-13+. The van der Waals surface area contributed by atoms with Crippen LogP contribution in [0.1, 0.15) is 79.0 Å². The van der Waals surface area contributed by atoms with E-state index >= 15 is 0 Å². The van der Waals surface area contributed by atoms with Crippen molar-refractivity contribution in [2.75, 3.05) is 11.9 Å². The Bertz CT molecular complexity index is 1770. The molecule has 2 saturated carbocycles. The van der Waals surface area contributed by atoms with Gasteiger partial charge >= 0.3 is 5.97 Å². The second kappa shape index (κ2) is 11.3. The third kappa shape index (κ3) is 5.04. The molecule has 3 heterocycles. The molecule has 0 bridgehead atoms. The first-order valence-electron chi connectivity index (χ1n) is 15.4. The van der Waals surface area contributed by atoms with Gasteiger partial charge in [-0.3, -0.25) is 9.59 Å². The molecule has 3 aliphatic rings. The lowest BCUT2D eigenvalue weighted by atomic mass is 9.75. The summed E-state index contributed by atoms with van der Waals surface area (Å²) in [6.45, 7) is 1.16. The van der Waals surface area contributed by atoms with Crippen molar-refractivity contribution in [3.63, 3.8) is 0 Å². The number of aromatic nitrogens is 3. The van der Waals surface area contributed by atoms with E-state index in [1.54, 1.807) is 24.3 Å². The molecule has 2 aromatic carbocycles. The van der Waals surface area contributed by atoms with Crippen molar-refractivity contribution in [2.45, 2.75) is 69.4 Å². The number of hydrogen-bond donors (Lipinski definition) is 3. The molecule has 226 valence electrons. The van der Waals surface area contributed by atoms with E-state index in [4.69, 9.17) is 14.9 Å². The topological polar surface area (TPSA) is 127 Å². The van der Waals surface area contributed by atoms with Crippen LogP contribution in [0.2, 0.25) is 0 Å². The Morgan fingerprint density at radius 2 is 1.77 bits per heavy atom. The van der Waals surface area contributed by atoms with Crippen LogP contribution in [0.25, 0.3) is 23.0 Å². The highest BCUT2D eigenvalue weighted by atomic mass is 16.5. The van der Waals surface area contributed by atoms with Crippen LogP contribution in [-0.4, -0.2) is 49.2 Å². The lowest BCUT2D eigenvalue weighted by Crippen LogP contribution is -2.61. The van der Waals surface area contributed by atoms with Crippen molar-refractivity contribution >= 4 is 35.2 Å². The first-order chi connectivity index (χ1) is 21.4. The van der Waals surface area contributed by atoms with Gasteiger partial charge in [0.25, 0.3) is 5.91 Å². The highest BCUT2D eigenvalue weighted by Gasteiger charge is 2.46. The fraction of sp³-hybridized carbons (Fsp3) is 0.353. The predicted molar refractivity (Wildman–Crippen MR) is 166 cm³/mol. The van der Waals surface area contributed by atoms with Gasteiger partial charge in [-0.2, -0.15) is 5.10 Å². The molecular formula is C34H35N5O5. The van der Waals surface area contributed by atoms with Crippen LogP contribution in [0.3, 0.4) is 0 Å². The first-order valence-corrected chi connectivity index (χ1v) is 15.4. The van der Waals surface area contributed by atoms with E-state index in [0.717, 1.165) is 53.7 Å². The second-order valence-electron chi connectivity index (χ2n) is 12.0. The van der Waals surface area contributed by atoms with E-state index in [1.165, 1.54) is 25.3 Å². The van der Waals surface area contributed by atoms with Crippen LogP contribution >= 0.6 is 0 Å². The van der Waals surface area contributed by atoms with Crippen molar-refractivity contribution in [2.24, 2.45) is 0 Å². The predicted octanol–water partition coefficient (Wildman–Crippen LogP) is 5.63. The summed E-state index contributed by atoms with van der Waals surface area (Å²) in [5, 5.41) is 19.7. The maximum absolute atomic E-state index is 13.7. The number of carbonyl (C=O) groups excluding carboxylic acids is 2. The summed E-state index contributed by atoms with van der Waals surface area (Å²) < 4.78 is 10.3. The Hall–Kier alpha value is -4.86. The highest BCUT2D eigenvalue weighted by Crippen LogP contribution is 2.43. The zero-order valence-electron chi connectivity index (χ0n) is 24.4. The molecule has 7 rings (SSSR count). The molecule has 2 aromatic heterocycles. The molecular weight excluding hydrogens is 558 g/mol. The van der Waals surface area contributed by atoms with E-state index in [1.807, 2.05) is 28.8 Å². The van der Waals surface area contributed by atoms with Gasteiger partial charge in [0, 0.05) is 29.3 Å². The van der Waals surface area contributed by atoms with Crippen LogP contribution in [-0.2, 0) is 16.1 Å². The average molecular weight is 594 g/mol. The molecule has 3 N–H and O–H groups in total. The number of carboxylic acid groups (broad SMARTS) is 1. The summed E-state index contributed by atoms with van der Waals surface area (Å²) in [6.07, 6.45) is 10.2. The fourth-order valence-electron chi connectivity index (χ4n) is 6.81. The van der Waals surface area contributed by atoms with Gasteiger partial charge in [-0.15, -0.1) is 0 Å². The van der Waals surface area contributed by atoms with E-state index < -0.39 is 11.5 Å². The maximum atomic E-state index is 13.7. The monoisotopic (exact) mass is 593 g/mol. The minimum Gasteiger partial charge on any atom is -0.491 e. The number of rotatable bonds is 7. The summed E-state index contributed by atoms with van der Waals surface area (Å²) in [4.78, 5) is 37.9. The lowest BCUT2D eigenvalue weighted by molar-refractivity contribution is -0.131. The normalized spacial score (nSPS) is 17.6. The van der Waals surface area contributed by atoms with E-state index in [9.17, 15) is 14.4 Å². The largest absolute Gasteiger partial charge is 0.491 e. The van der Waals surface area contributed by atoms with Crippen LogP contribution < -0.4 is 15.4 Å². The van der Waals surface area contributed by atoms with Crippen molar-refractivity contribution in [1.82, 2.24) is 19.5 Å². The van der Waals surface area contributed by atoms with Gasteiger partial charge in [0.2, 0.25) is 5.91 Å². The first kappa shape index (κ1) is 27.9. The van der Waals surface area contributed by atoms with Gasteiger partial charge in [-0.25, -0.2) is 9.31 Å². The number of nitrogens with one attached hydrogen (secondary N) is 2. The molecule has 4 aromatic rings. The minimum absolute atomic E-state index is 0.274. The Kier molecular flexibility index (Phi) is 7.20. The average Bonchev–Trinajstić information content (AvgIpc) is 3.51. The molecule has 0 spiro atoms. The van der Waals surface area contributed by atoms with Crippen LogP contribution in [0.5, 0.6) is 5.75 Å².